The Labute approximate surface area is 176 Å². The summed E-state index contributed by atoms with van der Waals surface area (Å²) < 4.78 is 36.3. The van der Waals surface area contributed by atoms with E-state index in [0.717, 1.165) is 27.8 Å². The van der Waals surface area contributed by atoms with Crippen molar-refractivity contribution in [3.8, 4) is 22.9 Å². The van der Waals surface area contributed by atoms with E-state index in [2.05, 4.69) is 6.07 Å². The average molecular weight is 420 g/mol. The standard InChI is InChI=1S/C24H21NO4S/c1-16-7-9-21(10-8-16)30(26,27)28-15-20-13-19-11-18(14-25)12-23(24(19)29-20)22-6-4-3-5-17(22)2/h3-12,20H,13,15H2,1-2H3. The van der Waals surface area contributed by atoms with Crippen molar-refractivity contribution in [1.29, 1.82) is 5.26 Å². The topological polar surface area (TPSA) is 76.4 Å². The number of fused-ring (bicyclic) bond motifs is 1. The fourth-order valence-corrected chi connectivity index (χ4v) is 4.54. The van der Waals surface area contributed by atoms with Crippen LogP contribution in [0, 0.1) is 25.2 Å². The van der Waals surface area contributed by atoms with Crippen molar-refractivity contribution < 1.29 is 17.3 Å². The summed E-state index contributed by atoms with van der Waals surface area (Å²) in [5.41, 5.74) is 5.30. The van der Waals surface area contributed by atoms with Crippen LogP contribution < -0.4 is 4.74 Å². The maximum atomic E-state index is 12.5. The Morgan fingerprint density at radius 1 is 1.07 bits per heavy atom. The van der Waals surface area contributed by atoms with Crippen molar-refractivity contribution in [2.75, 3.05) is 6.61 Å². The van der Waals surface area contributed by atoms with Gasteiger partial charge in [0.15, 0.2) is 0 Å². The minimum absolute atomic E-state index is 0.0972. The normalized spacial score (nSPS) is 15.3. The number of nitriles is 1. The zero-order chi connectivity index (χ0) is 21.3. The molecule has 0 saturated heterocycles. The van der Waals surface area contributed by atoms with Crippen LogP contribution >= 0.6 is 0 Å². The van der Waals surface area contributed by atoms with Crippen molar-refractivity contribution in [2.24, 2.45) is 0 Å². The second-order valence-electron chi connectivity index (χ2n) is 7.43. The maximum absolute atomic E-state index is 12.5. The molecule has 0 fully saturated rings. The van der Waals surface area contributed by atoms with Gasteiger partial charge in [-0.05, 0) is 54.8 Å². The number of ether oxygens (including phenoxy) is 1. The molecule has 3 aromatic carbocycles. The minimum Gasteiger partial charge on any atom is -0.487 e. The molecule has 1 heterocycles. The van der Waals surface area contributed by atoms with Gasteiger partial charge < -0.3 is 4.74 Å². The summed E-state index contributed by atoms with van der Waals surface area (Å²) in [5, 5.41) is 9.44. The molecule has 1 aliphatic heterocycles. The second-order valence-corrected chi connectivity index (χ2v) is 9.05. The number of hydrogen-bond acceptors (Lipinski definition) is 5. The number of benzene rings is 3. The Kier molecular flexibility index (Phi) is 5.33. The first kappa shape index (κ1) is 20.1. The Balaban J connectivity index is 1.57. The van der Waals surface area contributed by atoms with E-state index in [1.54, 1.807) is 18.2 Å². The van der Waals surface area contributed by atoms with E-state index in [1.165, 1.54) is 12.1 Å². The molecule has 0 amide bonds. The van der Waals surface area contributed by atoms with Crippen molar-refractivity contribution in [3.63, 3.8) is 0 Å². The smallest absolute Gasteiger partial charge is 0.297 e. The molecule has 0 radical (unpaired) electrons. The van der Waals surface area contributed by atoms with Crippen LogP contribution in [-0.4, -0.2) is 21.1 Å². The number of aryl methyl sites for hydroxylation is 2. The molecule has 0 N–H and O–H groups in total. The van der Waals surface area contributed by atoms with Gasteiger partial charge in [0.05, 0.1) is 16.5 Å². The van der Waals surface area contributed by atoms with Gasteiger partial charge in [0.25, 0.3) is 10.1 Å². The van der Waals surface area contributed by atoms with Crippen LogP contribution in [0.1, 0.15) is 22.3 Å². The molecule has 3 aromatic rings. The van der Waals surface area contributed by atoms with Gasteiger partial charge in [0, 0.05) is 12.0 Å². The van der Waals surface area contributed by atoms with Gasteiger partial charge in [0.2, 0.25) is 0 Å². The molecule has 1 unspecified atom stereocenters. The molecule has 6 heteroatoms. The number of hydrogen-bond donors (Lipinski definition) is 0. The monoisotopic (exact) mass is 419 g/mol. The molecule has 1 aliphatic rings. The molecule has 4 rings (SSSR count). The lowest BCUT2D eigenvalue weighted by molar-refractivity contribution is 0.152. The summed E-state index contributed by atoms with van der Waals surface area (Å²) >= 11 is 0. The lowest BCUT2D eigenvalue weighted by Crippen LogP contribution is -2.23. The third kappa shape index (κ3) is 3.95. The van der Waals surface area contributed by atoms with E-state index in [9.17, 15) is 13.7 Å². The molecule has 0 aliphatic carbocycles. The first-order valence-electron chi connectivity index (χ1n) is 9.63. The van der Waals surface area contributed by atoms with Crippen molar-refractivity contribution >= 4 is 10.1 Å². The Bertz CT molecular complexity index is 1240. The van der Waals surface area contributed by atoms with Gasteiger partial charge in [-0.15, -0.1) is 0 Å². The van der Waals surface area contributed by atoms with E-state index < -0.39 is 16.2 Å². The molecule has 0 bridgehead atoms. The summed E-state index contributed by atoms with van der Waals surface area (Å²) in [6.45, 7) is 3.80. The molecule has 0 saturated carbocycles. The van der Waals surface area contributed by atoms with Gasteiger partial charge in [-0.3, -0.25) is 4.18 Å². The van der Waals surface area contributed by atoms with Crippen LogP contribution in [0.4, 0.5) is 0 Å². The zero-order valence-electron chi connectivity index (χ0n) is 16.8. The van der Waals surface area contributed by atoms with E-state index in [-0.39, 0.29) is 11.5 Å². The highest BCUT2D eigenvalue weighted by Crippen LogP contribution is 2.41. The van der Waals surface area contributed by atoms with Crippen LogP contribution in [0.25, 0.3) is 11.1 Å². The first-order valence-corrected chi connectivity index (χ1v) is 11.0. The average Bonchev–Trinajstić information content (AvgIpc) is 3.15. The Morgan fingerprint density at radius 2 is 1.80 bits per heavy atom. The van der Waals surface area contributed by atoms with E-state index in [1.807, 2.05) is 44.2 Å². The Morgan fingerprint density at radius 3 is 2.50 bits per heavy atom. The van der Waals surface area contributed by atoms with Gasteiger partial charge in [-0.1, -0.05) is 42.0 Å². The minimum atomic E-state index is -3.87. The first-order chi connectivity index (χ1) is 14.4. The Hall–Kier alpha value is -3.14. The van der Waals surface area contributed by atoms with E-state index in [0.29, 0.717) is 17.7 Å². The fraction of sp³-hybridized carbons (Fsp3) is 0.208. The van der Waals surface area contributed by atoms with Crippen LogP contribution in [0.15, 0.2) is 65.6 Å². The summed E-state index contributed by atoms with van der Waals surface area (Å²) in [7, 11) is -3.87. The molecule has 1 atom stereocenters. The summed E-state index contributed by atoms with van der Waals surface area (Å²) in [6.07, 6.45) is 0.0320. The summed E-state index contributed by atoms with van der Waals surface area (Å²) in [5.74, 6) is 0.685. The van der Waals surface area contributed by atoms with Gasteiger partial charge in [-0.2, -0.15) is 13.7 Å². The van der Waals surface area contributed by atoms with Crippen LogP contribution in [-0.2, 0) is 20.7 Å². The van der Waals surface area contributed by atoms with E-state index >= 15 is 0 Å². The highest BCUT2D eigenvalue weighted by Gasteiger charge is 2.29. The fourth-order valence-electron chi connectivity index (χ4n) is 3.60. The predicted molar refractivity (Wildman–Crippen MR) is 114 cm³/mol. The predicted octanol–water partition coefficient (Wildman–Crippen LogP) is 4.55. The number of rotatable bonds is 5. The maximum Gasteiger partial charge on any atom is 0.297 e. The van der Waals surface area contributed by atoms with Crippen molar-refractivity contribution in [1.82, 2.24) is 0 Å². The molecular weight excluding hydrogens is 398 g/mol. The quantitative estimate of drug-likeness (QED) is 0.567. The lowest BCUT2D eigenvalue weighted by atomic mass is 9.95. The molecule has 152 valence electrons. The second kappa shape index (κ2) is 7.94. The third-order valence-electron chi connectivity index (χ3n) is 5.18. The van der Waals surface area contributed by atoms with Crippen molar-refractivity contribution in [3.05, 3.63) is 82.9 Å². The largest absolute Gasteiger partial charge is 0.487 e. The van der Waals surface area contributed by atoms with Gasteiger partial charge in [-0.25, -0.2) is 0 Å². The highest BCUT2D eigenvalue weighted by atomic mass is 32.2. The summed E-state index contributed by atoms with van der Waals surface area (Å²) in [6, 6.07) is 20.2. The molecule has 5 nitrogen and oxygen atoms in total. The van der Waals surface area contributed by atoms with Gasteiger partial charge >= 0.3 is 0 Å². The van der Waals surface area contributed by atoms with Gasteiger partial charge in [0.1, 0.15) is 18.5 Å². The van der Waals surface area contributed by atoms with Crippen LogP contribution in [0.5, 0.6) is 5.75 Å². The number of nitrogens with zero attached hydrogens (tertiary/aromatic N) is 1. The van der Waals surface area contributed by atoms with Crippen molar-refractivity contribution in [2.45, 2.75) is 31.3 Å². The van der Waals surface area contributed by atoms with Crippen LogP contribution in [0.2, 0.25) is 0 Å². The molecule has 0 aromatic heterocycles. The SMILES string of the molecule is Cc1ccc(S(=O)(=O)OCC2Cc3cc(C#N)cc(-c4ccccc4C)c3O2)cc1. The van der Waals surface area contributed by atoms with E-state index in [4.69, 9.17) is 8.92 Å². The highest BCUT2D eigenvalue weighted by molar-refractivity contribution is 7.86. The van der Waals surface area contributed by atoms with Crippen LogP contribution in [0.3, 0.4) is 0 Å². The summed E-state index contributed by atoms with van der Waals surface area (Å²) in [4.78, 5) is 0.121. The molecule has 0 spiro atoms. The molecule has 30 heavy (non-hydrogen) atoms. The third-order valence-corrected chi connectivity index (χ3v) is 6.48. The molecular formula is C24H21NO4S. The zero-order valence-corrected chi connectivity index (χ0v) is 17.6. The lowest BCUT2D eigenvalue weighted by Gasteiger charge is -2.14.